The highest BCUT2D eigenvalue weighted by Crippen LogP contribution is 2.20. The highest BCUT2D eigenvalue weighted by atomic mass is 19.4. The molecule has 0 atom stereocenters. The monoisotopic (exact) mass is 275 g/mol. The zero-order valence-electron chi connectivity index (χ0n) is 10.7. The van der Waals surface area contributed by atoms with E-state index in [4.69, 9.17) is 5.11 Å². The van der Waals surface area contributed by atoms with E-state index in [9.17, 15) is 18.0 Å². The van der Waals surface area contributed by atoms with E-state index in [2.05, 4.69) is 0 Å². The van der Waals surface area contributed by atoms with Crippen LogP contribution in [0.15, 0.2) is 24.3 Å². The van der Waals surface area contributed by atoms with Crippen molar-refractivity contribution in [2.75, 3.05) is 6.54 Å². The van der Waals surface area contributed by atoms with Crippen molar-refractivity contribution in [3.05, 3.63) is 35.4 Å². The minimum Gasteiger partial charge on any atom is -0.478 e. The Hall–Kier alpha value is -1.56. The second-order valence-electron chi connectivity index (χ2n) is 4.62. The van der Waals surface area contributed by atoms with Gasteiger partial charge in [0.15, 0.2) is 0 Å². The molecule has 0 aliphatic heterocycles. The lowest BCUT2D eigenvalue weighted by Crippen LogP contribution is -2.38. The molecule has 1 N–H and O–H groups in total. The first-order valence-corrected chi connectivity index (χ1v) is 5.82. The minimum atomic E-state index is -4.24. The molecule has 1 rings (SSSR count). The predicted molar refractivity (Wildman–Crippen MR) is 65.0 cm³/mol. The van der Waals surface area contributed by atoms with Crippen molar-refractivity contribution in [1.29, 1.82) is 0 Å². The fourth-order valence-electron chi connectivity index (χ4n) is 1.64. The summed E-state index contributed by atoms with van der Waals surface area (Å²) in [5.41, 5.74) is 0.776. The maximum atomic E-state index is 12.4. The van der Waals surface area contributed by atoms with E-state index in [0.29, 0.717) is 5.56 Å². The lowest BCUT2D eigenvalue weighted by Gasteiger charge is -2.27. The van der Waals surface area contributed by atoms with Crippen LogP contribution in [0.1, 0.15) is 29.8 Å². The number of rotatable bonds is 5. The Balaban J connectivity index is 2.76. The summed E-state index contributed by atoms with van der Waals surface area (Å²) in [6.07, 6.45) is -4.24. The number of aromatic carboxylic acids is 1. The molecule has 0 heterocycles. The Kier molecular flexibility index (Phi) is 4.94. The van der Waals surface area contributed by atoms with E-state index in [-0.39, 0.29) is 18.2 Å². The van der Waals surface area contributed by atoms with Crippen LogP contribution in [0.5, 0.6) is 0 Å². The summed E-state index contributed by atoms with van der Waals surface area (Å²) >= 11 is 0. The second-order valence-corrected chi connectivity index (χ2v) is 4.62. The molecule has 3 nitrogen and oxygen atoms in total. The van der Waals surface area contributed by atoms with Gasteiger partial charge in [-0.3, -0.25) is 4.90 Å². The molecule has 0 aromatic heterocycles. The normalized spacial score (nSPS) is 12.2. The highest BCUT2D eigenvalue weighted by molar-refractivity contribution is 5.87. The molecule has 19 heavy (non-hydrogen) atoms. The Labute approximate surface area is 109 Å². The van der Waals surface area contributed by atoms with E-state index in [1.54, 1.807) is 13.8 Å². The first-order chi connectivity index (χ1) is 8.69. The maximum absolute atomic E-state index is 12.4. The molecule has 0 saturated carbocycles. The molecule has 0 spiro atoms. The molecule has 1 aromatic carbocycles. The van der Waals surface area contributed by atoms with Gasteiger partial charge in [0.1, 0.15) is 0 Å². The summed E-state index contributed by atoms with van der Waals surface area (Å²) < 4.78 is 37.3. The number of carbonyl (C=O) groups is 1. The number of carboxylic acids is 1. The van der Waals surface area contributed by atoms with E-state index < -0.39 is 18.7 Å². The average molecular weight is 275 g/mol. The smallest absolute Gasteiger partial charge is 0.401 e. The molecule has 106 valence electrons. The number of hydrogen-bond donors (Lipinski definition) is 1. The minimum absolute atomic E-state index is 0.121. The Morgan fingerprint density at radius 2 is 1.79 bits per heavy atom. The van der Waals surface area contributed by atoms with E-state index >= 15 is 0 Å². The first-order valence-electron chi connectivity index (χ1n) is 5.82. The Morgan fingerprint density at radius 3 is 2.16 bits per heavy atom. The summed E-state index contributed by atoms with van der Waals surface area (Å²) in [6, 6.07) is 5.61. The standard InChI is InChI=1S/C13H16F3NO2/c1-9(2)17(8-13(14,15)16)7-10-3-5-11(6-4-10)12(18)19/h3-6,9H,7-8H2,1-2H3,(H,18,19). The molecule has 0 saturated heterocycles. The van der Waals surface area contributed by atoms with Gasteiger partial charge in [0.05, 0.1) is 12.1 Å². The molecule has 0 aliphatic rings. The van der Waals surface area contributed by atoms with Crippen LogP contribution < -0.4 is 0 Å². The van der Waals surface area contributed by atoms with Crippen molar-refractivity contribution < 1.29 is 23.1 Å². The van der Waals surface area contributed by atoms with Gasteiger partial charge in [-0.2, -0.15) is 13.2 Å². The Morgan fingerprint density at radius 1 is 1.26 bits per heavy atom. The predicted octanol–water partition coefficient (Wildman–Crippen LogP) is 3.16. The molecule has 0 unspecified atom stereocenters. The van der Waals surface area contributed by atoms with Crippen molar-refractivity contribution in [2.24, 2.45) is 0 Å². The molecule has 6 heteroatoms. The fourth-order valence-corrected chi connectivity index (χ4v) is 1.64. The van der Waals surface area contributed by atoms with Gasteiger partial charge in [-0.05, 0) is 31.5 Å². The topological polar surface area (TPSA) is 40.5 Å². The van der Waals surface area contributed by atoms with Crippen molar-refractivity contribution in [3.8, 4) is 0 Å². The van der Waals surface area contributed by atoms with Gasteiger partial charge < -0.3 is 5.11 Å². The molecular formula is C13H16F3NO2. The quantitative estimate of drug-likeness (QED) is 0.897. The number of carboxylic acid groups (broad SMARTS) is 1. The van der Waals surface area contributed by atoms with Crippen LogP contribution in [-0.4, -0.2) is 34.7 Å². The van der Waals surface area contributed by atoms with Crippen LogP contribution in [0.4, 0.5) is 13.2 Å². The van der Waals surface area contributed by atoms with Gasteiger partial charge in [0.25, 0.3) is 0 Å². The number of hydrogen-bond acceptors (Lipinski definition) is 2. The van der Waals surface area contributed by atoms with Crippen molar-refractivity contribution >= 4 is 5.97 Å². The third-order valence-electron chi connectivity index (χ3n) is 2.70. The van der Waals surface area contributed by atoms with Crippen LogP contribution in [0.3, 0.4) is 0 Å². The van der Waals surface area contributed by atoms with Crippen LogP contribution in [0, 0.1) is 0 Å². The molecule has 0 fully saturated rings. The fraction of sp³-hybridized carbons (Fsp3) is 0.462. The van der Waals surface area contributed by atoms with E-state index in [0.717, 1.165) is 0 Å². The van der Waals surface area contributed by atoms with Gasteiger partial charge in [0, 0.05) is 12.6 Å². The number of nitrogens with zero attached hydrogens (tertiary/aromatic N) is 1. The van der Waals surface area contributed by atoms with Crippen molar-refractivity contribution in [1.82, 2.24) is 4.90 Å². The summed E-state index contributed by atoms with van der Waals surface area (Å²) in [4.78, 5) is 12.0. The zero-order valence-corrected chi connectivity index (χ0v) is 10.7. The first kappa shape index (κ1) is 15.5. The number of alkyl halides is 3. The van der Waals surface area contributed by atoms with Gasteiger partial charge >= 0.3 is 12.1 Å². The van der Waals surface area contributed by atoms with Gasteiger partial charge in [-0.25, -0.2) is 4.79 Å². The van der Waals surface area contributed by atoms with Gasteiger partial charge in [0.2, 0.25) is 0 Å². The third kappa shape index (κ3) is 5.30. The average Bonchev–Trinajstić information content (AvgIpc) is 2.27. The molecule has 0 amide bonds. The number of benzene rings is 1. The van der Waals surface area contributed by atoms with Crippen LogP contribution in [0.25, 0.3) is 0 Å². The Bertz CT molecular complexity index is 427. The lowest BCUT2D eigenvalue weighted by molar-refractivity contribution is -0.150. The largest absolute Gasteiger partial charge is 0.478 e. The SMILES string of the molecule is CC(C)N(Cc1ccc(C(=O)O)cc1)CC(F)(F)F. The maximum Gasteiger partial charge on any atom is 0.401 e. The van der Waals surface area contributed by atoms with Crippen molar-refractivity contribution in [2.45, 2.75) is 32.6 Å². The van der Waals surface area contributed by atoms with Crippen LogP contribution >= 0.6 is 0 Å². The third-order valence-corrected chi connectivity index (χ3v) is 2.70. The molecule has 1 aromatic rings. The number of halogens is 3. The second kappa shape index (κ2) is 6.06. The van der Waals surface area contributed by atoms with E-state index in [1.165, 1.54) is 29.2 Å². The highest BCUT2D eigenvalue weighted by Gasteiger charge is 2.31. The molecule has 0 aliphatic carbocycles. The van der Waals surface area contributed by atoms with Gasteiger partial charge in [-0.1, -0.05) is 12.1 Å². The summed E-state index contributed by atoms with van der Waals surface area (Å²) in [5, 5.41) is 8.74. The van der Waals surface area contributed by atoms with Crippen molar-refractivity contribution in [3.63, 3.8) is 0 Å². The summed E-state index contributed by atoms with van der Waals surface area (Å²) in [6.45, 7) is 2.54. The molecule has 0 radical (unpaired) electrons. The van der Waals surface area contributed by atoms with Gasteiger partial charge in [-0.15, -0.1) is 0 Å². The zero-order chi connectivity index (χ0) is 14.6. The van der Waals surface area contributed by atoms with Crippen LogP contribution in [0.2, 0.25) is 0 Å². The van der Waals surface area contributed by atoms with Crippen LogP contribution in [-0.2, 0) is 6.54 Å². The lowest BCUT2D eigenvalue weighted by atomic mass is 10.1. The molecular weight excluding hydrogens is 259 g/mol. The summed E-state index contributed by atoms with van der Waals surface area (Å²) in [5.74, 6) is -1.05. The molecule has 0 bridgehead atoms. The van der Waals surface area contributed by atoms with E-state index in [1.807, 2.05) is 0 Å². The summed E-state index contributed by atoms with van der Waals surface area (Å²) in [7, 11) is 0.